The molecule has 0 radical (unpaired) electrons. The monoisotopic (exact) mass is 447 g/mol. The van der Waals surface area contributed by atoms with Gasteiger partial charge in [-0.05, 0) is 31.2 Å². The number of benzene rings is 1. The third kappa shape index (κ3) is 6.19. The molecule has 2 rings (SSSR count). The number of hydrogen-bond acceptors (Lipinski definition) is 4. The van der Waals surface area contributed by atoms with E-state index in [1.807, 2.05) is 19.1 Å². The fraction of sp³-hybridized carbons (Fsp3) is 0.267. The molecule has 1 aromatic carbocycles. The summed E-state index contributed by atoms with van der Waals surface area (Å²) in [5, 5.41) is 10.8. The van der Waals surface area contributed by atoms with E-state index in [1.54, 1.807) is 18.2 Å². The Hall–Kier alpha value is -1.61. The van der Waals surface area contributed by atoms with E-state index in [0.717, 1.165) is 12.1 Å². The van der Waals surface area contributed by atoms with Crippen molar-refractivity contribution in [3.8, 4) is 11.4 Å². The molecule has 124 valence electrons. The van der Waals surface area contributed by atoms with Crippen molar-refractivity contribution >= 4 is 41.5 Å². The van der Waals surface area contributed by atoms with Gasteiger partial charge in [-0.1, -0.05) is 22.8 Å². The van der Waals surface area contributed by atoms with E-state index in [1.165, 1.54) is 0 Å². The number of nitrogens with zero attached hydrogens (tertiary/aromatic N) is 3. The van der Waals surface area contributed by atoms with Gasteiger partial charge in [0.2, 0.25) is 11.7 Å². The molecule has 0 saturated heterocycles. The van der Waals surface area contributed by atoms with Gasteiger partial charge in [0.25, 0.3) is 0 Å². The quantitative estimate of drug-likeness (QED) is 0.308. The highest BCUT2D eigenvalue weighted by atomic mass is 127. The molecule has 6 nitrogen and oxygen atoms in total. The molecule has 23 heavy (non-hydrogen) atoms. The molecule has 2 N–H and O–H groups in total. The SMILES string of the molecule is C=CCNC(=NCc1nc(-c2ccc(Cl)cc2)no1)NCC.I. The second kappa shape index (κ2) is 10.2. The number of rotatable bonds is 6. The Balaban J connectivity index is 0.00000264. The lowest BCUT2D eigenvalue weighted by molar-refractivity contribution is 0.380. The zero-order valence-electron chi connectivity index (χ0n) is 12.8. The average molecular weight is 448 g/mol. The zero-order valence-corrected chi connectivity index (χ0v) is 15.8. The normalized spacial score (nSPS) is 10.8. The molecule has 8 heteroatoms. The van der Waals surface area contributed by atoms with Gasteiger partial charge in [0.15, 0.2) is 5.96 Å². The Morgan fingerprint density at radius 1 is 1.35 bits per heavy atom. The van der Waals surface area contributed by atoms with Crippen molar-refractivity contribution in [1.29, 1.82) is 0 Å². The van der Waals surface area contributed by atoms with Crippen LogP contribution >= 0.6 is 35.6 Å². The first kappa shape index (κ1) is 19.4. The Labute approximate surface area is 157 Å². The van der Waals surface area contributed by atoms with Gasteiger partial charge in [0.1, 0.15) is 6.54 Å². The average Bonchev–Trinajstić information content (AvgIpc) is 3.00. The van der Waals surface area contributed by atoms with Crippen molar-refractivity contribution in [3.63, 3.8) is 0 Å². The predicted molar refractivity (Wildman–Crippen MR) is 103 cm³/mol. The lowest BCUT2D eigenvalue weighted by Gasteiger charge is -2.08. The molecule has 0 saturated carbocycles. The molecule has 0 amide bonds. The van der Waals surface area contributed by atoms with Gasteiger partial charge in [-0.15, -0.1) is 30.6 Å². The number of halogens is 2. The Bertz CT molecular complexity index is 642. The smallest absolute Gasteiger partial charge is 0.248 e. The van der Waals surface area contributed by atoms with Gasteiger partial charge >= 0.3 is 0 Å². The Kier molecular flexibility index (Phi) is 8.64. The van der Waals surface area contributed by atoms with Crippen molar-refractivity contribution in [2.24, 2.45) is 4.99 Å². The lowest BCUT2D eigenvalue weighted by Crippen LogP contribution is -2.37. The minimum absolute atomic E-state index is 0. The Morgan fingerprint density at radius 3 is 2.74 bits per heavy atom. The van der Waals surface area contributed by atoms with Crippen LogP contribution < -0.4 is 10.6 Å². The predicted octanol–water partition coefficient (Wildman–Crippen LogP) is 3.25. The summed E-state index contributed by atoms with van der Waals surface area (Å²) in [7, 11) is 0. The van der Waals surface area contributed by atoms with E-state index in [-0.39, 0.29) is 24.0 Å². The first-order valence-electron chi connectivity index (χ1n) is 6.94. The minimum Gasteiger partial charge on any atom is -0.357 e. The molecule has 0 fully saturated rings. The molecular weight excluding hydrogens is 429 g/mol. The third-order valence-corrected chi connectivity index (χ3v) is 2.95. The topological polar surface area (TPSA) is 75.3 Å². The van der Waals surface area contributed by atoms with Crippen LogP contribution in [0.1, 0.15) is 12.8 Å². The van der Waals surface area contributed by atoms with Crippen LogP contribution in [0.5, 0.6) is 0 Å². The highest BCUT2D eigenvalue weighted by Crippen LogP contribution is 2.18. The van der Waals surface area contributed by atoms with E-state index in [4.69, 9.17) is 16.1 Å². The van der Waals surface area contributed by atoms with Crippen molar-refractivity contribution in [2.75, 3.05) is 13.1 Å². The first-order valence-corrected chi connectivity index (χ1v) is 7.32. The molecular formula is C15H19ClIN5O. The maximum atomic E-state index is 5.86. The molecule has 0 unspecified atom stereocenters. The largest absolute Gasteiger partial charge is 0.357 e. The molecule has 1 aromatic heterocycles. The molecule has 2 aromatic rings. The van der Waals surface area contributed by atoms with Crippen LogP contribution in [0.15, 0.2) is 46.4 Å². The number of hydrogen-bond donors (Lipinski definition) is 2. The molecule has 0 aliphatic rings. The van der Waals surface area contributed by atoms with E-state index in [0.29, 0.717) is 35.8 Å². The van der Waals surface area contributed by atoms with Crippen LogP contribution in [0.25, 0.3) is 11.4 Å². The summed E-state index contributed by atoms with van der Waals surface area (Å²) in [5.41, 5.74) is 0.847. The lowest BCUT2D eigenvalue weighted by atomic mass is 10.2. The molecule has 0 spiro atoms. The van der Waals surface area contributed by atoms with Crippen molar-refractivity contribution in [3.05, 3.63) is 47.8 Å². The number of guanidine groups is 1. The van der Waals surface area contributed by atoms with Crippen molar-refractivity contribution in [1.82, 2.24) is 20.8 Å². The maximum absolute atomic E-state index is 5.86. The standard InChI is InChI=1S/C15H18ClN5O.HI/c1-3-9-18-15(17-4-2)19-10-13-20-14(21-22-13)11-5-7-12(16)8-6-11;/h3,5-8H,1,4,9-10H2,2H3,(H2,17,18,19);1H. The van der Waals surface area contributed by atoms with Gasteiger partial charge in [-0.3, -0.25) is 0 Å². The summed E-state index contributed by atoms with van der Waals surface area (Å²) < 4.78 is 5.21. The van der Waals surface area contributed by atoms with E-state index in [2.05, 4.69) is 32.3 Å². The first-order chi connectivity index (χ1) is 10.7. The minimum atomic E-state index is 0. The third-order valence-electron chi connectivity index (χ3n) is 2.70. The molecule has 0 atom stereocenters. The maximum Gasteiger partial charge on any atom is 0.248 e. The van der Waals surface area contributed by atoms with E-state index >= 15 is 0 Å². The molecule has 0 bridgehead atoms. The van der Waals surface area contributed by atoms with Gasteiger partial charge in [0, 0.05) is 23.7 Å². The van der Waals surface area contributed by atoms with Crippen LogP contribution in [0.2, 0.25) is 5.02 Å². The summed E-state index contributed by atoms with van der Waals surface area (Å²) >= 11 is 5.86. The van der Waals surface area contributed by atoms with Crippen molar-refractivity contribution in [2.45, 2.75) is 13.5 Å². The second-order valence-electron chi connectivity index (χ2n) is 4.38. The van der Waals surface area contributed by atoms with Crippen LogP contribution in [0, 0.1) is 0 Å². The van der Waals surface area contributed by atoms with Crippen molar-refractivity contribution < 1.29 is 4.52 Å². The Morgan fingerprint density at radius 2 is 2.09 bits per heavy atom. The van der Waals surface area contributed by atoms with Gasteiger partial charge < -0.3 is 15.2 Å². The number of aliphatic imine (C=N–C) groups is 1. The van der Waals surface area contributed by atoms with Gasteiger partial charge in [-0.25, -0.2) is 4.99 Å². The fourth-order valence-electron chi connectivity index (χ4n) is 1.69. The van der Waals surface area contributed by atoms with E-state index < -0.39 is 0 Å². The summed E-state index contributed by atoms with van der Waals surface area (Å²) in [5.74, 6) is 1.64. The second-order valence-corrected chi connectivity index (χ2v) is 4.82. The van der Waals surface area contributed by atoms with Gasteiger partial charge in [-0.2, -0.15) is 4.98 Å². The van der Waals surface area contributed by atoms with Crippen LogP contribution in [0.4, 0.5) is 0 Å². The fourth-order valence-corrected chi connectivity index (χ4v) is 1.82. The summed E-state index contributed by atoms with van der Waals surface area (Å²) in [6.07, 6.45) is 1.76. The molecule has 0 aliphatic heterocycles. The summed E-state index contributed by atoms with van der Waals surface area (Å²) in [4.78, 5) is 8.69. The van der Waals surface area contributed by atoms with Gasteiger partial charge in [0.05, 0.1) is 0 Å². The number of nitrogens with one attached hydrogen (secondary N) is 2. The molecule has 1 heterocycles. The number of aromatic nitrogens is 2. The summed E-state index contributed by atoms with van der Waals surface area (Å²) in [6, 6.07) is 7.26. The van der Waals surface area contributed by atoms with Crippen LogP contribution in [0.3, 0.4) is 0 Å². The summed E-state index contributed by atoms with van der Waals surface area (Å²) in [6.45, 7) is 7.35. The van der Waals surface area contributed by atoms with E-state index in [9.17, 15) is 0 Å². The zero-order chi connectivity index (χ0) is 15.8. The van der Waals surface area contributed by atoms with Crippen LogP contribution in [-0.4, -0.2) is 29.2 Å². The van der Waals surface area contributed by atoms with Crippen LogP contribution in [-0.2, 0) is 6.54 Å². The molecule has 0 aliphatic carbocycles. The highest BCUT2D eigenvalue weighted by Gasteiger charge is 2.08. The highest BCUT2D eigenvalue weighted by molar-refractivity contribution is 14.0.